The summed E-state index contributed by atoms with van der Waals surface area (Å²) in [6.07, 6.45) is 7.93. The van der Waals surface area contributed by atoms with Crippen LogP contribution in [0.2, 0.25) is 0 Å². The molecule has 0 amide bonds. The molecule has 0 radical (unpaired) electrons. The maximum absolute atomic E-state index is 12.8. The number of aliphatic hydroxyl groups excluding tert-OH is 1. The molecule has 4 aliphatic rings. The van der Waals surface area contributed by atoms with Crippen LogP contribution in [-0.4, -0.2) is 35.4 Å². The van der Waals surface area contributed by atoms with Crippen molar-refractivity contribution in [3.63, 3.8) is 0 Å². The van der Waals surface area contributed by atoms with Gasteiger partial charge in [0.1, 0.15) is 18.2 Å². The number of aliphatic hydroxyl groups is 1. The summed E-state index contributed by atoms with van der Waals surface area (Å²) in [5.41, 5.74) is -0.306. The first-order chi connectivity index (χ1) is 15.8. The number of carbonyl (C=O) groups is 3. The molecule has 0 aromatic carbocycles. The predicted octanol–water partition coefficient (Wildman–Crippen LogP) is 5.37. The molecule has 4 saturated carbocycles. The van der Waals surface area contributed by atoms with Crippen molar-refractivity contribution in [3.05, 3.63) is 0 Å². The molecule has 5 heteroatoms. The zero-order valence-electron chi connectivity index (χ0n) is 22.4. The topological polar surface area (TPSA) is 80.7 Å². The van der Waals surface area contributed by atoms with E-state index in [2.05, 4.69) is 27.7 Å². The van der Waals surface area contributed by atoms with Crippen molar-refractivity contribution in [1.82, 2.24) is 0 Å². The van der Waals surface area contributed by atoms with Gasteiger partial charge in [0.25, 0.3) is 0 Å². The number of ether oxygens (including phenoxy) is 1. The van der Waals surface area contributed by atoms with Crippen LogP contribution in [0.3, 0.4) is 0 Å². The number of aldehydes is 1. The fourth-order valence-corrected chi connectivity index (χ4v) is 10.3. The molecule has 0 aromatic heterocycles. The average molecular weight is 475 g/mol. The molecule has 0 saturated heterocycles. The molecular formula is C29H46O5. The minimum atomic E-state index is -0.702. The lowest BCUT2D eigenvalue weighted by Crippen LogP contribution is -2.69. The Morgan fingerprint density at radius 3 is 2.18 bits per heavy atom. The van der Waals surface area contributed by atoms with Gasteiger partial charge >= 0.3 is 5.97 Å². The Hall–Kier alpha value is -1.23. The van der Waals surface area contributed by atoms with E-state index in [1.807, 2.05) is 6.92 Å². The molecule has 4 rings (SSSR count). The number of rotatable bonds is 4. The molecule has 0 heterocycles. The molecule has 5 nitrogen and oxygen atoms in total. The summed E-state index contributed by atoms with van der Waals surface area (Å²) < 4.78 is 5.73. The molecular weight excluding hydrogens is 428 g/mol. The van der Waals surface area contributed by atoms with Gasteiger partial charge in [0.05, 0.1) is 12.0 Å². The van der Waals surface area contributed by atoms with E-state index >= 15 is 0 Å². The van der Waals surface area contributed by atoms with Crippen molar-refractivity contribution < 1.29 is 24.2 Å². The van der Waals surface area contributed by atoms with E-state index in [0.29, 0.717) is 30.1 Å². The number of carbonyl (C=O) groups excluding carboxylic acids is 3. The van der Waals surface area contributed by atoms with Crippen molar-refractivity contribution in [2.45, 2.75) is 112 Å². The van der Waals surface area contributed by atoms with Crippen LogP contribution < -0.4 is 0 Å². The van der Waals surface area contributed by atoms with Gasteiger partial charge in [-0.3, -0.25) is 9.59 Å². The van der Waals surface area contributed by atoms with Gasteiger partial charge in [0.2, 0.25) is 0 Å². The highest BCUT2D eigenvalue weighted by molar-refractivity contribution is 5.83. The average Bonchev–Trinajstić information content (AvgIpc) is 2.75. The first-order valence-electron chi connectivity index (χ1n) is 13.6. The Morgan fingerprint density at radius 1 is 0.971 bits per heavy atom. The van der Waals surface area contributed by atoms with E-state index in [4.69, 9.17) is 4.74 Å². The number of fused-ring (bicyclic) bond motifs is 5. The Labute approximate surface area is 205 Å². The van der Waals surface area contributed by atoms with E-state index in [1.165, 1.54) is 39.5 Å². The van der Waals surface area contributed by atoms with Crippen molar-refractivity contribution in [1.29, 1.82) is 0 Å². The van der Waals surface area contributed by atoms with Gasteiger partial charge in [-0.1, -0.05) is 47.5 Å². The third kappa shape index (κ3) is 3.38. The molecule has 5 unspecified atom stereocenters. The van der Waals surface area contributed by atoms with Gasteiger partial charge in [-0.05, 0) is 79.4 Å². The molecule has 34 heavy (non-hydrogen) atoms. The smallest absolute Gasteiger partial charge is 0.302 e. The number of hydrogen-bond acceptors (Lipinski definition) is 5. The maximum atomic E-state index is 12.8. The van der Waals surface area contributed by atoms with Crippen molar-refractivity contribution in [3.8, 4) is 0 Å². The molecule has 0 bridgehead atoms. The monoisotopic (exact) mass is 474 g/mol. The second kappa shape index (κ2) is 8.42. The lowest BCUT2D eigenvalue weighted by molar-refractivity contribution is -0.259. The molecule has 0 aliphatic heterocycles. The van der Waals surface area contributed by atoms with Gasteiger partial charge in [-0.2, -0.15) is 0 Å². The van der Waals surface area contributed by atoms with Crippen molar-refractivity contribution >= 4 is 18.0 Å². The van der Waals surface area contributed by atoms with Gasteiger partial charge in [0, 0.05) is 18.3 Å². The third-order valence-corrected chi connectivity index (χ3v) is 12.1. The van der Waals surface area contributed by atoms with Gasteiger partial charge < -0.3 is 14.6 Å². The first kappa shape index (κ1) is 25.9. The minimum Gasteiger partial charge on any atom is -0.462 e. The van der Waals surface area contributed by atoms with Gasteiger partial charge in [-0.15, -0.1) is 0 Å². The lowest BCUT2D eigenvalue weighted by Gasteiger charge is -2.71. The van der Waals surface area contributed by atoms with Crippen LogP contribution in [0.1, 0.15) is 99.8 Å². The highest BCUT2D eigenvalue weighted by atomic mass is 16.5. The summed E-state index contributed by atoms with van der Waals surface area (Å²) in [5, 5.41) is 11.8. The second-order valence-electron chi connectivity index (χ2n) is 13.4. The van der Waals surface area contributed by atoms with E-state index in [0.717, 1.165) is 19.1 Å². The van der Waals surface area contributed by atoms with E-state index < -0.39 is 35.4 Å². The maximum Gasteiger partial charge on any atom is 0.302 e. The lowest BCUT2D eigenvalue weighted by atomic mass is 9.33. The molecule has 192 valence electrons. The zero-order chi connectivity index (χ0) is 25.3. The molecule has 11 atom stereocenters. The minimum absolute atomic E-state index is 0.0106. The van der Waals surface area contributed by atoms with Crippen LogP contribution in [0.4, 0.5) is 0 Å². The summed E-state index contributed by atoms with van der Waals surface area (Å²) >= 11 is 0. The van der Waals surface area contributed by atoms with Gasteiger partial charge in [-0.25, -0.2) is 0 Å². The zero-order valence-corrected chi connectivity index (χ0v) is 22.4. The Balaban J connectivity index is 1.81. The largest absolute Gasteiger partial charge is 0.462 e. The second-order valence-corrected chi connectivity index (χ2v) is 13.4. The Morgan fingerprint density at radius 2 is 1.62 bits per heavy atom. The van der Waals surface area contributed by atoms with Crippen molar-refractivity contribution in [2.24, 2.45) is 51.2 Å². The number of Topliss-reactive ketones (excluding diaryl/α,β-unsaturated/α-hetero) is 1. The first-order valence-corrected chi connectivity index (χ1v) is 13.6. The molecule has 4 aliphatic carbocycles. The summed E-state index contributed by atoms with van der Waals surface area (Å²) in [7, 11) is 0. The molecule has 0 aromatic rings. The summed E-state index contributed by atoms with van der Waals surface area (Å²) in [6.45, 7) is 14.6. The standard InChI is InChI=1S/C29H46O5/c1-8-26(4)11-9-12-27(5)21(26)10-13-28(6)22(27)15-24(33)29(7)19(16-30)25(17(2)31)20(14-23(28)29)34-18(3)32/h16,19-25,33H,8-15H2,1-7H3/t19?,20-,21?,22?,23?,24+,25+,26?,27+,28-,29-/m1/s1. The Bertz CT molecular complexity index is 853. The van der Waals surface area contributed by atoms with Crippen LogP contribution >= 0.6 is 0 Å². The van der Waals surface area contributed by atoms with Crippen LogP contribution in [0.15, 0.2) is 0 Å². The van der Waals surface area contributed by atoms with Crippen LogP contribution in [0.5, 0.6) is 0 Å². The fraction of sp³-hybridized carbons (Fsp3) is 0.897. The van der Waals surface area contributed by atoms with Crippen LogP contribution in [-0.2, 0) is 19.1 Å². The molecule has 1 N–H and O–H groups in total. The number of hydrogen-bond donors (Lipinski definition) is 1. The number of ketones is 1. The fourth-order valence-electron chi connectivity index (χ4n) is 10.3. The normalized spacial score (nSPS) is 52.5. The summed E-state index contributed by atoms with van der Waals surface area (Å²) in [4.78, 5) is 37.4. The predicted molar refractivity (Wildman–Crippen MR) is 131 cm³/mol. The molecule has 0 spiro atoms. The van der Waals surface area contributed by atoms with Crippen LogP contribution in [0, 0.1) is 51.2 Å². The summed E-state index contributed by atoms with van der Waals surface area (Å²) in [6, 6.07) is 0. The van der Waals surface area contributed by atoms with E-state index in [-0.39, 0.29) is 22.5 Å². The van der Waals surface area contributed by atoms with Gasteiger partial charge in [0.15, 0.2) is 0 Å². The van der Waals surface area contributed by atoms with Crippen LogP contribution in [0.25, 0.3) is 0 Å². The van der Waals surface area contributed by atoms with E-state index in [1.54, 1.807) is 0 Å². The highest BCUT2D eigenvalue weighted by Gasteiger charge is 2.70. The van der Waals surface area contributed by atoms with Crippen molar-refractivity contribution in [2.75, 3.05) is 0 Å². The number of esters is 1. The third-order valence-electron chi connectivity index (χ3n) is 12.1. The van der Waals surface area contributed by atoms with E-state index in [9.17, 15) is 19.5 Å². The summed E-state index contributed by atoms with van der Waals surface area (Å²) in [5.74, 6) is -0.906. The highest BCUT2D eigenvalue weighted by Crippen LogP contribution is 2.73. The SMILES string of the molecule is CCC1(C)CCC[C@@]2(C)C1CC[C@]1(C)C2C[C@H](O)[C@]2(C)C(C=O)[C@H](C(C)=O)[C@H](OC(C)=O)CC12. The quantitative estimate of drug-likeness (QED) is 0.438. The molecule has 4 fully saturated rings. The Kier molecular flexibility index (Phi) is 6.40.